The van der Waals surface area contributed by atoms with E-state index in [2.05, 4.69) is 5.32 Å². The van der Waals surface area contributed by atoms with Gasteiger partial charge in [0.2, 0.25) is 0 Å². The van der Waals surface area contributed by atoms with Gasteiger partial charge in [-0.05, 0) is 26.1 Å². The van der Waals surface area contributed by atoms with Crippen LogP contribution in [0.3, 0.4) is 0 Å². The van der Waals surface area contributed by atoms with Crippen LogP contribution in [-0.4, -0.2) is 29.1 Å². The Hall–Kier alpha value is -1.33. The number of rotatable bonds is 3. The van der Waals surface area contributed by atoms with Crippen molar-refractivity contribution < 1.29 is 0 Å². The van der Waals surface area contributed by atoms with E-state index < -0.39 is 0 Å². The highest BCUT2D eigenvalue weighted by molar-refractivity contribution is 7.80. The molecular formula is C8H12N4S. The Morgan fingerprint density at radius 3 is 2.15 bits per heavy atom. The Morgan fingerprint density at radius 2 is 1.85 bits per heavy atom. The lowest BCUT2D eigenvalue weighted by Crippen LogP contribution is -2.43. The highest BCUT2D eigenvalue weighted by Gasteiger charge is 2.08. The van der Waals surface area contributed by atoms with Gasteiger partial charge >= 0.3 is 0 Å². The van der Waals surface area contributed by atoms with Crippen LogP contribution >= 0.6 is 12.2 Å². The molecule has 0 heterocycles. The highest BCUT2D eigenvalue weighted by Crippen LogP contribution is 1.90. The van der Waals surface area contributed by atoms with Gasteiger partial charge < -0.3 is 10.2 Å². The second-order valence-electron chi connectivity index (χ2n) is 2.78. The molecule has 0 bridgehead atoms. The van der Waals surface area contributed by atoms with E-state index in [1.54, 1.807) is 0 Å². The van der Waals surface area contributed by atoms with Crippen LogP contribution in [0.4, 0.5) is 0 Å². The SMILES string of the molecule is CC(C)NC(=S)N(CC#N)CC#N. The predicted octanol–water partition coefficient (Wildman–Crippen LogP) is 0.618. The van der Waals surface area contributed by atoms with E-state index in [4.69, 9.17) is 22.7 Å². The molecule has 0 aliphatic carbocycles. The summed E-state index contributed by atoms with van der Waals surface area (Å²) in [4.78, 5) is 1.52. The molecule has 0 aliphatic heterocycles. The van der Waals surface area contributed by atoms with Gasteiger partial charge in [0.1, 0.15) is 13.1 Å². The standard InChI is InChI=1S/C8H12N4S/c1-7(2)11-8(13)12(5-3-9)6-4-10/h7H,5-6H2,1-2H3,(H,11,13). The van der Waals surface area contributed by atoms with Gasteiger partial charge in [-0.15, -0.1) is 0 Å². The molecule has 0 saturated carbocycles. The van der Waals surface area contributed by atoms with E-state index in [0.29, 0.717) is 5.11 Å². The van der Waals surface area contributed by atoms with Crippen molar-refractivity contribution in [1.29, 1.82) is 10.5 Å². The smallest absolute Gasteiger partial charge is 0.170 e. The van der Waals surface area contributed by atoms with Crippen molar-refractivity contribution in [3.8, 4) is 12.1 Å². The van der Waals surface area contributed by atoms with Crippen LogP contribution in [0, 0.1) is 22.7 Å². The van der Waals surface area contributed by atoms with Crippen molar-refractivity contribution in [3.05, 3.63) is 0 Å². The van der Waals surface area contributed by atoms with Crippen LogP contribution in [-0.2, 0) is 0 Å². The molecule has 0 atom stereocenters. The van der Waals surface area contributed by atoms with Crippen LogP contribution < -0.4 is 5.32 Å². The second kappa shape index (κ2) is 6.22. The topological polar surface area (TPSA) is 62.9 Å². The molecule has 0 fully saturated rings. The molecule has 0 aromatic carbocycles. The number of thiocarbonyl (C=S) groups is 1. The fourth-order valence-corrected chi connectivity index (χ4v) is 1.07. The van der Waals surface area contributed by atoms with E-state index >= 15 is 0 Å². The Morgan fingerprint density at radius 1 is 1.38 bits per heavy atom. The zero-order chi connectivity index (χ0) is 10.3. The summed E-state index contributed by atoms with van der Waals surface area (Å²) >= 11 is 5.00. The van der Waals surface area contributed by atoms with Crippen molar-refractivity contribution in [2.45, 2.75) is 19.9 Å². The van der Waals surface area contributed by atoms with Gasteiger partial charge in [0, 0.05) is 6.04 Å². The molecular weight excluding hydrogens is 184 g/mol. The minimum atomic E-state index is 0.145. The molecule has 1 N–H and O–H groups in total. The summed E-state index contributed by atoms with van der Waals surface area (Å²) in [5.74, 6) is 0. The largest absolute Gasteiger partial charge is 0.360 e. The Bertz CT molecular complexity index is 232. The quantitative estimate of drug-likeness (QED) is 0.529. The fourth-order valence-electron chi connectivity index (χ4n) is 0.708. The average molecular weight is 196 g/mol. The highest BCUT2D eigenvalue weighted by atomic mass is 32.1. The zero-order valence-corrected chi connectivity index (χ0v) is 8.56. The molecule has 0 amide bonds. The second-order valence-corrected chi connectivity index (χ2v) is 3.16. The summed E-state index contributed by atoms with van der Waals surface area (Å²) in [6.07, 6.45) is 0. The lowest BCUT2D eigenvalue weighted by molar-refractivity contribution is 0.500. The molecule has 4 nitrogen and oxygen atoms in total. The minimum Gasteiger partial charge on any atom is -0.360 e. The summed E-state index contributed by atoms with van der Waals surface area (Å²) < 4.78 is 0. The lowest BCUT2D eigenvalue weighted by Gasteiger charge is -2.21. The fraction of sp³-hybridized carbons (Fsp3) is 0.625. The molecule has 0 radical (unpaired) electrons. The first-order valence-corrected chi connectivity index (χ1v) is 4.32. The number of nitrogens with one attached hydrogen (secondary N) is 1. The molecule has 0 aromatic rings. The first-order chi connectivity index (χ1) is 6.11. The summed E-state index contributed by atoms with van der Waals surface area (Å²) in [6.45, 7) is 4.19. The molecule has 0 aromatic heterocycles. The van der Waals surface area contributed by atoms with E-state index in [1.165, 1.54) is 4.90 Å². The third-order valence-corrected chi connectivity index (χ3v) is 1.60. The van der Waals surface area contributed by atoms with Gasteiger partial charge in [0.15, 0.2) is 5.11 Å². The Kier molecular flexibility index (Phi) is 5.58. The van der Waals surface area contributed by atoms with Crippen LogP contribution in [0.2, 0.25) is 0 Å². The summed E-state index contributed by atoms with van der Waals surface area (Å²) in [5, 5.41) is 20.3. The third kappa shape index (κ3) is 5.00. The predicted molar refractivity (Wildman–Crippen MR) is 53.7 cm³/mol. The molecule has 0 spiro atoms. The molecule has 0 aliphatic rings. The van der Waals surface area contributed by atoms with Gasteiger partial charge in [0.25, 0.3) is 0 Å². The maximum absolute atomic E-state index is 8.46. The van der Waals surface area contributed by atoms with Crippen LogP contribution in [0.5, 0.6) is 0 Å². The lowest BCUT2D eigenvalue weighted by atomic mass is 10.4. The molecule has 70 valence electrons. The van der Waals surface area contributed by atoms with Gasteiger partial charge in [-0.1, -0.05) is 0 Å². The number of hydrogen-bond acceptors (Lipinski definition) is 3. The van der Waals surface area contributed by atoms with Crippen molar-refractivity contribution in [1.82, 2.24) is 10.2 Å². The Labute approximate surface area is 83.7 Å². The van der Waals surface area contributed by atoms with Gasteiger partial charge in [0.05, 0.1) is 12.1 Å². The first-order valence-electron chi connectivity index (χ1n) is 3.91. The third-order valence-electron chi connectivity index (χ3n) is 1.22. The first kappa shape index (κ1) is 11.7. The molecule has 0 rings (SSSR count). The maximum Gasteiger partial charge on any atom is 0.170 e. The van der Waals surface area contributed by atoms with Gasteiger partial charge in [-0.2, -0.15) is 10.5 Å². The van der Waals surface area contributed by atoms with E-state index in [0.717, 1.165) is 0 Å². The van der Waals surface area contributed by atoms with Gasteiger partial charge in [-0.25, -0.2) is 0 Å². The van der Waals surface area contributed by atoms with Crippen molar-refractivity contribution in [2.24, 2.45) is 0 Å². The molecule has 0 unspecified atom stereocenters. The number of nitriles is 2. The average Bonchev–Trinajstić information content (AvgIpc) is 2.02. The normalized spacial score (nSPS) is 8.69. The number of hydrogen-bond donors (Lipinski definition) is 1. The number of nitrogens with zero attached hydrogens (tertiary/aromatic N) is 3. The summed E-state index contributed by atoms with van der Waals surface area (Å²) in [5.41, 5.74) is 0. The van der Waals surface area contributed by atoms with Gasteiger partial charge in [-0.3, -0.25) is 0 Å². The summed E-state index contributed by atoms with van der Waals surface area (Å²) in [7, 11) is 0. The van der Waals surface area contributed by atoms with Crippen LogP contribution in [0.25, 0.3) is 0 Å². The van der Waals surface area contributed by atoms with Crippen molar-refractivity contribution in [2.75, 3.05) is 13.1 Å². The van der Waals surface area contributed by atoms with E-state index in [-0.39, 0.29) is 19.1 Å². The van der Waals surface area contributed by atoms with E-state index in [1.807, 2.05) is 26.0 Å². The Balaban J connectivity index is 4.14. The monoisotopic (exact) mass is 196 g/mol. The minimum absolute atomic E-state index is 0.145. The molecule has 13 heavy (non-hydrogen) atoms. The van der Waals surface area contributed by atoms with Crippen LogP contribution in [0.1, 0.15) is 13.8 Å². The van der Waals surface area contributed by atoms with Crippen LogP contribution in [0.15, 0.2) is 0 Å². The van der Waals surface area contributed by atoms with Crippen molar-refractivity contribution in [3.63, 3.8) is 0 Å². The van der Waals surface area contributed by atoms with Crippen molar-refractivity contribution >= 4 is 17.3 Å². The molecule has 0 saturated heterocycles. The van der Waals surface area contributed by atoms with E-state index in [9.17, 15) is 0 Å². The molecule has 5 heteroatoms. The maximum atomic E-state index is 8.46. The summed E-state index contributed by atoms with van der Waals surface area (Å²) in [6, 6.07) is 4.12. The zero-order valence-electron chi connectivity index (χ0n) is 7.74.